The number of rotatable bonds is 7. The van der Waals surface area contributed by atoms with Gasteiger partial charge < -0.3 is 5.11 Å². The predicted molar refractivity (Wildman–Crippen MR) is 64.8 cm³/mol. The number of carbonyl (C=O) groups is 3. The monoisotopic (exact) mass is 254 g/mol. The molecule has 1 aliphatic rings. The summed E-state index contributed by atoms with van der Waals surface area (Å²) in [5.74, 6) is -1.55. The van der Waals surface area contributed by atoms with E-state index >= 15 is 0 Å². The minimum Gasteiger partial charge on any atom is -0.480 e. The molecule has 0 aromatic rings. The molecule has 0 radical (unpaired) electrons. The molecule has 1 unspecified atom stereocenters. The molecule has 0 aliphatic carbocycles. The van der Waals surface area contributed by atoms with Crippen molar-refractivity contribution in [1.82, 2.24) is 9.80 Å². The zero-order valence-electron chi connectivity index (χ0n) is 10.5. The van der Waals surface area contributed by atoms with Crippen LogP contribution in [0.3, 0.4) is 0 Å². The van der Waals surface area contributed by atoms with E-state index in [0.717, 1.165) is 0 Å². The van der Waals surface area contributed by atoms with Crippen molar-refractivity contribution in [2.24, 2.45) is 0 Å². The number of hydrogen-bond donors (Lipinski definition) is 1. The van der Waals surface area contributed by atoms with Gasteiger partial charge in [-0.25, -0.2) is 0 Å². The van der Waals surface area contributed by atoms with Crippen LogP contribution in [0.25, 0.3) is 0 Å². The van der Waals surface area contributed by atoms with Crippen LogP contribution in [0, 0.1) is 0 Å². The molecule has 0 saturated carbocycles. The van der Waals surface area contributed by atoms with E-state index in [4.69, 9.17) is 5.11 Å². The molecule has 2 amide bonds. The standard InChI is InChI=1S/C12H18N2O4/c1-3-5-13(8-11(16)17)9-7-10(15)14(6-4-2)12(9)18/h3,9H,1,4-8H2,2H3,(H,16,17). The lowest BCUT2D eigenvalue weighted by atomic mass is 10.2. The summed E-state index contributed by atoms with van der Waals surface area (Å²) in [4.78, 5) is 37.1. The molecule has 18 heavy (non-hydrogen) atoms. The van der Waals surface area contributed by atoms with E-state index in [1.54, 1.807) is 0 Å². The highest BCUT2D eigenvalue weighted by atomic mass is 16.4. The summed E-state index contributed by atoms with van der Waals surface area (Å²) in [7, 11) is 0. The van der Waals surface area contributed by atoms with Crippen molar-refractivity contribution in [2.45, 2.75) is 25.8 Å². The van der Waals surface area contributed by atoms with Crippen molar-refractivity contribution >= 4 is 17.8 Å². The average Bonchev–Trinajstić information content (AvgIpc) is 2.56. The van der Waals surface area contributed by atoms with Gasteiger partial charge in [-0.1, -0.05) is 13.0 Å². The molecule has 1 N–H and O–H groups in total. The summed E-state index contributed by atoms with van der Waals surface area (Å²) in [5.41, 5.74) is 0. The molecule has 1 aliphatic heterocycles. The summed E-state index contributed by atoms with van der Waals surface area (Å²) in [5, 5.41) is 8.81. The van der Waals surface area contributed by atoms with Crippen molar-refractivity contribution in [3.8, 4) is 0 Å². The highest BCUT2D eigenvalue weighted by Gasteiger charge is 2.41. The normalized spacial score (nSPS) is 19.7. The Morgan fingerprint density at radius 3 is 2.78 bits per heavy atom. The Kier molecular flexibility index (Phi) is 5.03. The van der Waals surface area contributed by atoms with Crippen LogP contribution in [-0.4, -0.2) is 58.4 Å². The molecule has 1 fully saturated rings. The number of amides is 2. The van der Waals surface area contributed by atoms with Gasteiger partial charge in [0.15, 0.2) is 0 Å². The lowest BCUT2D eigenvalue weighted by molar-refractivity contribution is -0.141. The average molecular weight is 254 g/mol. The molecule has 1 atom stereocenters. The molecule has 0 bridgehead atoms. The smallest absolute Gasteiger partial charge is 0.317 e. The summed E-state index contributed by atoms with van der Waals surface area (Å²) in [6.45, 7) is 5.81. The van der Waals surface area contributed by atoms with Crippen molar-refractivity contribution in [3.63, 3.8) is 0 Å². The zero-order chi connectivity index (χ0) is 13.7. The van der Waals surface area contributed by atoms with Crippen LogP contribution in [0.15, 0.2) is 12.7 Å². The van der Waals surface area contributed by atoms with Crippen molar-refractivity contribution in [1.29, 1.82) is 0 Å². The number of carbonyl (C=O) groups excluding carboxylic acids is 2. The third kappa shape index (κ3) is 3.16. The first kappa shape index (κ1) is 14.4. The van der Waals surface area contributed by atoms with E-state index < -0.39 is 12.0 Å². The molecular formula is C12H18N2O4. The van der Waals surface area contributed by atoms with Gasteiger partial charge in [-0.3, -0.25) is 24.2 Å². The maximum absolute atomic E-state index is 12.0. The number of aliphatic carboxylic acids is 1. The van der Waals surface area contributed by atoms with Gasteiger partial charge in [-0.05, 0) is 6.42 Å². The third-order valence-electron chi connectivity index (χ3n) is 2.81. The van der Waals surface area contributed by atoms with Gasteiger partial charge in [0.1, 0.15) is 0 Å². The summed E-state index contributed by atoms with van der Waals surface area (Å²) >= 11 is 0. The lowest BCUT2D eigenvalue weighted by Crippen LogP contribution is -2.44. The van der Waals surface area contributed by atoms with Crippen molar-refractivity contribution in [2.75, 3.05) is 19.6 Å². The van der Waals surface area contributed by atoms with Crippen LogP contribution in [0.4, 0.5) is 0 Å². The fourth-order valence-corrected chi connectivity index (χ4v) is 2.05. The Morgan fingerprint density at radius 1 is 1.61 bits per heavy atom. The number of carboxylic acids is 1. The molecule has 6 nitrogen and oxygen atoms in total. The Bertz CT molecular complexity index is 367. The number of hydrogen-bond acceptors (Lipinski definition) is 4. The van der Waals surface area contributed by atoms with E-state index in [9.17, 15) is 14.4 Å². The van der Waals surface area contributed by atoms with Crippen LogP contribution in [0.1, 0.15) is 19.8 Å². The maximum Gasteiger partial charge on any atom is 0.317 e. The van der Waals surface area contributed by atoms with E-state index in [2.05, 4.69) is 6.58 Å². The predicted octanol–water partition coefficient (Wildman–Crippen LogP) is 0.0965. The fourth-order valence-electron chi connectivity index (χ4n) is 2.05. The van der Waals surface area contributed by atoms with Gasteiger partial charge in [-0.2, -0.15) is 0 Å². The number of nitrogens with zero attached hydrogens (tertiary/aromatic N) is 2. The third-order valence-corrected chi connectivity index (χ3v) is 2.81. The highest BCUT2D eigenvalue weighted by Crippen LogP contribution is 2.19. The largest absolute Gasteiger partial charge is 0.480 e. The summed E-state index contributed by atoms with van der Waals surface area (Å²) in [6.07, 6.45) is 2.29. The molecule has 1 saturated heterocycles. The van der Waals surface area contributed by atoms with Gasteiger partial charge >= 0.3 is 5.97 Å². The van der Waals surface area contributed by atoms with E-state index in [0.29, 0.717) is 13.0 Å². The van der Waals surface area contributed by atoms with Crippen LogP contribution >= 0.6 is 0 Å². The van der Waals surface area contributed by atoms with E-state index in [1.807, 2.05) is 6.92 Å². The number of imide groups is 1. The Morgan fingerprint density at radius 2 is 2.28 bits per heavy atom. The van der Waals surface area contributed by atoms with Crippen LogP contribution in [0.5, 0.6) is 0 Å². The molecule has 0 spiro atoms. The molecule has 0 aromatic heterocycles. The first-order valence-corrected chi connectivity index (χ1v) is 5.92. The van der Waals surface area contributed by atoms with Crippen LogP contribution < -0.4 is 0 Å². The topological polar surface area (TPSA) is 77.9 Å². The zero-order valence-corrected chi connectivity index (χ0v) is 10.5. The van der Waals surface area contributed by atoms with Crippen molar-refractivity contribution in [3.05, 3.63) is 12.7 Å². The van der Waals surface area contributed by atoms with E-state index in [-0.39, 0.29) is 31.3 Å². The molecule has 100 valence electrons. The Balaban J connectivity index is 2.80. The number of carboxylic acid groups (broad SMARTS) is 1. The quantitative estimate of drug-likeness (QED) is 0.515. The summed E-state index contributed by atoms with van der Waals surface area (Å²) in [6, 6.07) is -0.668. The van der Waals surface area contributed by atoms with Crippen LogP contribution in [-0.2, 0) is 14.4 Å². The first-order chi connectivity index (χ1) is 8.51. The Hall–Kier alpha value is -1.69. The van der Waals surface area contributed by atoms with Gasteiger partial charge in [-0.15, -0.1) is 6.58 Å². The molecule has 1 rings (SSSR count). The van der Waals surface area contributed by atoms with Gasteiger partial charge in [0.2, 0.25) is 11.8 Å². The molecule has 6 heteroatoms. The van der Waals surface area contributed by atoms with Gasteiger partial charge in [0, 0.05) is 13.1 Å². The lowest BCUT2D eigenvalue weighted by Gasteiger charge is -2.24. The maximum atomic E-state index is 12.0. The summed E-state index contributed by atoms with van der Waals surface area (Å²) < 4.78 is 0. The number of likely N-dealkylation sites (tertiary alicyclic amines) is 1. The fraction of sp³-hybridized carbons (Fsp3) is 0.583. The van der Waals surface area contributed by atoms with Crippen molar-refractivity contribution < 1.29 is 19.5 Å². The van der Waals surface area contributed by atoms with E-state index in [1.165, 1.54) is 15.9 Å². The van der Waals surface area contributed by atoms with Gasteiger partial charge in [0.05, 0.1) is 19.0 Å². The van der Waals surface area contributed by atoms with Gasteiger partial charge in [0.25, 0.3) is 0 Å². The highest BCUT2D eigenvalue weighted by molar-refractivity contribution is 6.05. The molecule has 1 heterocycles. The van der Waals surface area contributed by atoms with Crippen LogP contribution in [0.2, 0.25) is 0 Å². The second kappa shape index (κ2) is 6.30. The minimum absolute atomic E-state index is 0.0555. The SMILES string of the molecule is C=CCN(CC(=O)O)C1CC(=O)N(CCC)C1=O. The Labute approximate surface area is 106 Å². The first-order valence-electron chi connectivity index (χ1n) is 5.92. The second-order valence-corrected chi connectivity index (χ2v) is 4.22. The molecular weight excluding hydrogens is 236 g/mol. The minimum atomic E-state index is -1.02. The molecule has 0 aromatic carbocycles. The second-order valence-electron chi connectivity index (χ2n) is 4.22.